The molecule has 2 rings (SSSR count). The number of benzene rings is 1. The van der Waals surface area contributed by atoms with Crippen LogP contribution in [0.1, 0.15) is 28.8 Å². The Morgan fingerprint density at radius 1 is 1.30 bits per heavy atom. The molecule has 0 saturated carbocycles. The molecule has 0 radical (unpaired) electrons. The monoisotopic (exact) mass is 290 g/mol. The SMILES string of the molecule is CCNCc1csc(CCOc2ccc(C)cc2C)n1. The quantitative estimate of drug-likeness (QED) is 0.847. The largest absolute Gasteiger partial charge is 0.493 e. The van der Waals surface area contributed by atoms with Crippen molar-refractivity contribution in [2.75, 3.05) is 13.2 Å². The minimum absolute atomic E-state index is 0.679. The van der Waals surface area contributed by atoms with E-state index >= 15 is 0 Å². The Labute approximate surface area is 125 Å². The van der Waals surface area contributed by atoms with Crippen LogP contribution in [0, 0.1) is 13.8 Å². The average molecular weight is 290 g/mol. The van der Waals surface area contributed by atoms with Crippen LogP contribution in [0.5, 0.6) is 5.75 Å². The van der Waals surface area contributed by atoms with E-state index in [4.69, 9.17) is 4.74 Å². The number of rotatable bonds is 7. The van der Waals surface area contributed by atoms with E-state index in [2.05, 4.69) is 48.6 Å². The zero-order valence-electron chi connectivity index (χ0n) is 12.4. The molecule has 0 aliphatic heterocycles. The number of hydrogen-bond donors (Lipinski definition) is 1. The van der Waals surface area contributed by atoms with E-state index in [1.54, 1.807) is 11.3 Å². The highest BCUT2D eigenvalue weighted by Crippen LogP contribution is 2.19. The highest BCUT2D eigenvalue weighted by Gasteiger charge is 2.03. The molecule has 0 bridgehead atoms. The molecule has 0 aliphatic rings. The van der Waals surface area contributed by atoms with Crippen LogP contribution in [0.2, 0.25) is 0 Å². The van der Waals surface area contributed by atoms with Gasteiger partial charge in [0, 0.05) is 18.3 Å². The predicted octanol–water partition coefficient (Wildman–Crippen LogP) is 3.49. The maximum absolute atomic E-state index is 5.84. The summed E-state index contributed by atoms with van der Waals surface area (Å²) in [4.78, 5) is 4.59. The molecule has 0 spiro atoms. The lowest BCUT2D eigenvalue weighted by Gasteiger charge is -2.08. The van der Waals surface area contributed by atoms with Crippen molar-refractivity contribution in [2.45, 2.75) is 33.7 Å². The van der Waals surface area contributed by atoms with E-state index in [1.807, 2.05) is 6.07 Å². The highest BCUT2D eigenvalue weighted by molar-refractivity contribution is 7.09. The van der Waals surface area contributed by atoms with Crippen LogP contribution >= 0.6 is 11.3 Å². The number of aryl methyl sites for hydroxylation is 2. The molecule has 0 unspecified atom stereocenters. The van der Waals surface area contributed by atoms with Crippen LogP contribution in [0.4, 0.5) is 0 Å². The molecule has 0 atom stereocenters. The van der Waals surface area contributed by atoms with Gasteiger partial charge in [0.05, 0.1) is 17.3 Å². The van der Waals surface area contributed by atoms with Gasteiger partial charge in [-0.3, -0.25) is 0 Å². The lowest BCUT2D eigenvalue weighted by Crippen LogP contribution is -2.12. The van der Waals surface area contributed by atoms with Crippen LogP contribution in [0.3, 0.4) is 0 Å². The van der Waals surface area contributed by atoms with Gasteiger partial charge in [-0.15, -0.1) is 11.3 Å². The summed E-state index contributed by atoms with van der Waals surface area (Å²) in [5.74, 6) is 0.972. The molecule has 1 heterocycles. The zero-order valence-corrected chi connectivity index (χ0v) is 13.2. The van der Waals surface area contributed by atoms with Gasteiger partial charge >= 0.3 is 0 Å². The van der Waals surface area contributed by atoms with Gasteiger partial charge in [-0.1, -0.05) is 24.6 Å². The maximum atomic E-state index is 5.84. The van der Waals surface area contributed by atoms with Gasteiger partial charge in [-0.05, 0) is 32.0 Å². The van der Waals surface area contributed by atoms with Crippen molar-refractivity contribution in [3.05, 3.63) is 45.4 Å². The molecule has 3 nitrogen and oxygen atoms in total. The first-order chi connectivity index (χ1) is 9.69. The van der Waals surface area contributed by atoms with Gasteiger partial charge in [0.1, 0.15) is 5.75 Å². The third-order valence-electron chi connectivity index (χ3n) is 3.06. The molecule has 0 saturated heterocycles. The van der Waals surface area contributed by atoms with E-state index in [0.29, 0.717) is 6.61 Å². The van der Waals surface area contributed by atoms with Crippen molar-refractivity contribution in [1.82, 2.24) is 10.3 Å². The van der Waals surface area contributed by atoms with E-state index in [9.17, 15) is 0 Å². The second-order valence-corrected chi connectivity index (χ2v) is 5.82. The van der Waals surface area contributed by atoms with Crippen LogP contribution in [-0.2, 0) is 13.0 Å². The summed E-state index contributed by atoms with van der Waals surface area (Å²) in [6, 6.07) is 6.27. The minimum Gasteiger partial charge on any atom is -0.493 e. The van der Waals surface area contributed by atoms with Gasteiger partial charge in [0.25, 0.3) is 0 Å². The number of nitrogens with zero attached hydrogens (tertiary/aromatic N) is 1. The molecule has 0 aliphatic carbocycles. The molecule has 2 aromatic rings. The molecular formula is C16H22N2OS. The number of ether oxygens (including phenoxy) is 1. The van der Waals surface area contributed by atoms with E-state index < -0.39 is 0 Å². The summed E-state index contributed by atoms with van der Waals surface area (Å²) < 4.78 is 5.84. The molecule has 1 aromatic carbocycles. The fourth-order valence-electron chi connectivity index (χ4n) is 2.01. The topological polar surface area (TPSA) is 34.1 Å². The molecule has 0 amide bonds. The molecule has 20 heavy (non-hydrogen) atoms. The predicted molar refractivity (Wildman–Crippen MR) is 84.6 cm³/mol. The number of hydrogen-bond acceptors (Lipinski definition) is 4. The smallest absolute Gasteiger partial charge is 0.122 e. The van der Waals surface area contributed by atoms with E-state index in [1.165, 1.54) is 11.1 Å². The van der Waals surface area contributed by atoms with E-state index in [-0.39, 0.29) is 0 Å². The summed E-state index contributed by atoms with van der Waals surface area (Å²) in [5.41, 5.74) is 3.58. The summed E-state index contributed by atoms with van der Waals surface area (Å²) in [6.45, 7) is 8.79. The number of aromatic nitrogens is 1. The van der Waals surface area contributed by atoms with Crippen molar-refractivity contribution in [3.63, 3.8) is 0 Å². The highest BCUT2D eigenvalue weighted by atomic mass is 32.1. The fourth-order valence-corrected chi connectivity index (χ4v) is 2.79. The molecular weight excluding hydrogens is 268 g/mol. The number of nitrogens with one attached hydrogen (secondary N) is 1. The Kier molecular flexibility index (Phi) is 5.56. The van der Waals surface area contributed by atoms with Crippen molar-refractivity contribution < 1.29 is 4.74 Å². The summed E-state index contributed by atoms with van der Waals surface area (Å²) in [7, 11) is 0. The van der Waals surface area contributed by atoms with Crippen LogP contribution < -0.4 is 10.1 Å². The lowest BCUT2D eigenvalue weighted by molar-refractivity contribution is 0.319. The van der Waals surface area contributed by atoms with Crippen molar-refractivity contribution >= 4 is 11.3 Å². The fraction of sp³-hybridized carbons (Fsp3) is 0.438. The average Bonchev–Trinajstić information content (AvgIpc) is 2.87. The molecule has 1 aromatic heterocycles. The van der Waals surface area contributed by atoms with Gasteiger partial charge in [0.2, 0.25) is 0 Å². The van der Waals surface area contributed by atoms with Gasteiger partial charge in [-0.25, -0.2) is 4.98 Å². The lowest BCUT2D eigenvalue weighted by atomic mass is 10.1. The Balaban J connectivity index is 1.82. The molecule has 4 heteroatoms. The third-order valence-corrected chi connectivity index (χ3v) is 4.02. The van der Waals surface area contributed by atoms with Gasteiger partial charge in [0.15, 0.2) is 0 Å². The van der Waals surface area contributed by atoms with Crippen LogP contribution in [0.15, 0.2) is 23.6 Å². The first kappa shape index (κ1) is 15.0. The Hall–Kier alpha value is -1.39. The van der Waals surface area contributed by atoms with Crippen molar-refractivity contribution in [1.29, 1.82) is 0 Å². The Morgan fingerprint density at radius 3 is 2.90 bits per heavy atom. The van der Waals surface area contributed by atoms with Gasteiger partial charge in [-0.2, -0.15) is 0 Å². The second kappa shape index (κ2) is 7.41. The summed E-state index contributed by atoms with van der Waals surface area (Å²) in [5, 5.41) is 6.55. The summed E-state index contributed by atoms with van der Waals surface area (Å²) in [6.07, 6.45) is 0.865. The van der Waals surface area contributed by atoms with Gasteiger partial charge < -0.3 is 10.1 Å². The number of thiazole rings is 1. The van der Waals surface area contributed by atoms with Crippen LogP contribution in [0.25, 0.3) is 0 Å². The summed E-state index contributed by atoms with van der Waals surface area (Å²) >= 11 is 1.71. The Bertz CT molecular complexity index is 551. The minimum atomic E-state index is 0.679. The third kappa shape index (κ3) is 4.32. The normalized spacial score (nSPS) is 10.8. The van der Waals surface area contributed by atoms with Crippen molar-refractivity contribution in [3.8, 4) is 5.75 Å². The zero-order chi connectivity index (χ0) is 14.4. The Morgan fingerprint density at radius 2 is 2.15 bits per heavy atom. The van der Waals surface area contributed by atoms with E-state index in [0.717, 1.165) is 36.0 Å². The standard InChI is InChI=1S/C16H22N2OS/c1-4-17-10-14-11-20-16(18-14)7-8-19-15-6-5-12(2)9-13(15)3/h5-6,9,11,17H,4,7-8,10H2,1-3H3. The first-order valence-electron chi connectivity index (χ1n) is 7.03. The van der Waals surface area contributed by atoms with Crippen LogP contribution in [-0.4, -0.2) is 18.1 Å². The maximum Gasteiger partial charge on any atom is 0.122 e. The first-order valence-corrected chi connectivity index (χ1v) is 7.91. The molecule has 1 N–H and O–H groups in total. The second-order valence-electron chi connectivity index (χ2n) is 4.88. The molecule has 108 valence electrons. The van der Waals surface area contributed by atoms with Crippen molar-refractivity contribution in [2.24, 2.45) is 0 Å². The molecule has 0 fully saturated rings.